The number of nitrogens with one attached hydrogen (secondary N) is 1. The first-order valence-electron chi connectivity index (χ1n) is 9.37. The highest BCUT2D eigenvalue weighted by Gasteiger charge is 2.41. The first-order valence-corrected chi connectivity index (χ1v) is 11.1. The predicted molar refractivity (Wildman–Crippen MR) is 116 cm³/mol. The van der Waals surface area contributed by atoms with Gasteiger partial charge in [-0.15, -0.1) is 4.51 Å². The summed E-state index contributed by atoms with van der Waals surface area (Å²) in [4.78, 5) is 16.7. The molecule has 3 N–H and O–H groups in total. The number of guanidine groups is 1. The molecule has 0 saturated carbocycles. The Morgan fingerprint density at radius 3 is 2.77 bits per heavy atom. The van der Waals surface area contributed by atoms with Gasteiger partial charge < -0.3 is 15.8 Å². The van der Waals surface area contributed by atoms with Crippen molar-refractivity contribution in [2.75, 3.05) is 11.9 Å². The molecule has 0 spiro atoms. The third kappa shape index (κ3) is 4.66. The number of anilines is 1. The summed E-state index contributed by atoms with van der Waals surface area (Å²) in [5.41, 5.74) is 5.44. The van der Waals surface area contributed by atoms with Crippen molar-refractivity contribution in [2.45, 2.75) is 50.2 Å². The maximum Gasteiger partial charge on any atom is 0.324 e. The lowest BCUT2D eigenvalue weighted by molar-refractivity contribution is -0.158. The van der Waals surface area contributed by atoms with Crippen LogP contribution in [0.5, 0.6) is 0 Å². The molecule has 1 aromatic carbocycles. The van der Waals surface area contributed by atoms with Crippen LogP contribution in [0.15, 0.2) is 40.0 Å². The lowest BCUT2D eigenvalue weighted by Gasteiger charge is -2.27. The lowest BCUT2D eigenvalue weighted by Crippen LogP contribution is -2.43. The van der Waals surface area contributed by atoms with Crippen molar-refractivity contribution in [3.63, 3.8) is 0 Å². The molecule has 0 aliphatic carbocycles. The Hall–Kier alpha value is -2.43. The van der Waals surface area contributed by atoms with E-state index in [2.05, 4.69) is 14.8 Å². The molecule has 1 atom stereocenters. The van der Waals surface area contributed by atoms with E-state index in [1.165, 1.54) is 22.6 Å². The highest BCUT2D eigenvalue weighted by molar-refractivity contribution is 7.89. The van der Waals surface area contributed by atoms with Crippen molar-refractivity contribution in [1.82, 2.24) is 9.29 Å². The summed E-state index contributed by atoms with van der Waals surface area (Å²) in [5, 5.41) is 4.08. The number of rotatable bonds is 4. The van der Waals surface area contributed by atoms with E-state index < -0.39 is 27.6 Å². The molecule has 1 aliphatic rings. The Morgan fingerprint density at radius 2 is 2.10 bits per heavy atom. The van der Waals surface area contributed by atoms with Crippen LogP contribution in [0.3, 0.4) is 0 Å². The molecule has 0 amide bonds. The number of nitrogens with zero attached hydrogens (tertiary/aromatic N) is 3. The SMILES string of the molecule is CC(C)(C)OC(=O)[C@@H]1CCCN1S(=O)(=O)c1ccc2c(NC(N)=NCl)cncc2c1. The van der Waals surface area contributed by atoms with Crippen LogP contribution in [0.25, 0.3) is 10.8 Å². The van der Waals surface area contributed by atoms with Gasteiger partial charge in [0.05, 0.1) is 16.8 Å². The Labute approximate surface area is 180 Å². The number of carbonyl (C=O) groups excluding carboxylic acids is 1. The summed E-state index contributed by atoms with van der Waals surface area (Å²) in [6.45, 7) is 5.51. The zero-order valence-electron chi connectivity index (χ0n) is 16.9. The smallest absolute Gasteiger partial charge is 0.324 e. The number of hydrogen-bond donors (Lipinski definition) is 2. The molecule has 1 aromatic heterocycles. The van der Waals surface area contributed by atoms with E-state index in [1.54, 1.807) is 33.0 Å². The normalized spacial score (nSPS) is 18.5. The molecule has 1 fully saturated rings. The fourth-order valence-electron chi connectivity index (χ4n) is 3.34. The van der Waals surface area contributed by atoms with Crippen LogP contribution in [-0.2, 0) is 19.6 Å². The van der Waals surface area contributed by atoms with Crippen LogP contribution in [0, 0.1) is 0 Å². The van der Waals surface area contributed by atoms with Crippen molar-refractivity contribution < 1.29 is 17.9 Å². The molecule has 1 saturated heterocycles. The monoisotopic (exact) mass is 453 g/mol. The van der Waals surface area contributed by atoms with Crippen molar-refractivity contribution in [3.05, 3.63) is 30.6 Å². The molecule has 162 valence electrons. The number of benzene rings is 1. The summed E-state index contributed by atoms with van der Waals surface area (Å²) >= 11 is 5.35. The van der Waals surface area contributed by atoms with Gasteiger partial charge in [-0.3, -0.25) is 9.78 Å². The number of sulfonamides is 1. The van der Waals surface area contributed by atoms with E-state index >= 15 is 0 Å². The number of esters is 1. The number of fused-ring (bicyclic) bond motifs is 1. The maximum atomic E-state index is 13.3. The Morgan fingerprint density at radius 1 is 1.37 bits per heavy atom. The van der Waals surface area contributed by atoms with Crippen molar-refractivity contribution in [1.29, 1.82) is 0 Å². The molecule has 2 aromatic rings. The standard InChI is InChI=1S/C19H24ClN5O4S/c1-19(2,3)29-17(26)16-5-4-8-25(16)30(27,28)13-6-7-14-12(9-13)10-22-11-15(14)23-18(21)24-20/h6-7,9-11,16H,4-5,8H2,1-3H3,(H3,21,23,24)/t16-/m0/s1. The van der Waals surface area contributed by atoms with E-state index in [4.69, 9.17) is 22.2 Å². The first-order chi connectivity index (χ1) is 14.0. The molecule has 0 radical (unpaired) electrons. The molecular weight excluding hydrogens is 430 g/mol. The lowest BCUT2D eigenvalue weighted by atomic mass is 10.1. The predicted octanol–water partition coefficient (Wildman–Crippen LogP) is 2.61. The first kappa shape index (κ1) is 22.3. The van der Waals surface area contributed by atoms with Crippen LogP contribution in [0.4, 0.5) is 5.69 Å². The van der Waals surface area contributed by atoms with Gasteiger partial charge in [-0.05, 0) is 45.7 Å². The number of carbonyl (C=O) groups is 1. The maximum absolute atomic E-state index is 13.3. The minimum atomic E-state index is -3.91. The average Bonchev–Trinajstić information content (AvgIpc) is 3.17. The number of hydrogen-bond acceptors (Lipinski definition) is 6. The zero-order chi connectivity index (χ0) is 22.1. The summed E-state index contributed by atoms with van der Waals surface area (Å²) in [6.07, 6.45) is 4.09. The third-order valence-corrected chi connectivity index (χ3v) is 6.66. The average molecular weight is 454 g/mol. The van der Waals surface area contributed by atoms with Gasteiger partial charge in [-0.2, -0.15) is 4.31 Å². The van der Waals surface area contributed by atoms with Crippen molar-refractivity contribution >= 4 is 50.2 Å². The Kier molecular flexibility index (Phi) is 6.21. The van der Waals surface area contributed by atoms with E-state index in [-0.39, 0.29) is 17.4 Å². The van der Waals surface area contributed by atoms with Gasteiger partial charge >= 0.3 is 5.97 Å². The van der Waals surface area contributed by atoms with Gasteiger partial charge in [0.25, 0.3) is 0 Å². The minimum absolute atomic E-state index is 0.0140. The van der Waals surface area contributed by atoms with E-state index in [0.29, 0.717) is 29.3 Å². The van der Waals surface area contributed by atoms with Crippen molar-refractivity contribution in [3.8, 4) is 0 Å². The highest BCUT2D eigenvalue weighted by Crippen LogP contribution is 2.31. The molecule has 9 nitrogen and oxygen atoms in total. The van der Waals surface area contributed by atoms with Gasteiger partial charge in [0, 0.05) is 35.3 Å². The quantitative estimate of drug-likeness (QED) is 0.413. The van der Waals surface area contributed by atoms with Gasteiger partial charge in [0.1, 0.15) is 11.6 Å². The summed E-state index contributed by atoms with van der Waals surface area (Å²) in [7, 11) is -3.91. The Balaban J connectivity index is 1.95. The second-order valence-electron chi connectivity index (χ2n) is 7.97. The zero-order valence-corrected chi connectivity index (χ0v) is 18.5. The molecule has 2 heterocycles. The fraction of sp³-hybridized carbons (Fsp3) is 0.421. The molecule has 1 aliphatic heterocycles. The fourth-order valence-corrected chi connectivity index (χ4v) is 5.07. The topological polar surface area (TPSA) is 127 Å². The largest absolute Gasteiger partial charge is 0.459 e. The van der Waals surface area contributed by atoms with Crippen LogP contribution in [-0.4, -0.2) is 47.8 Å². The molecule has 11 heteroatoms. The number of pyridine rings is 1. The second kappa shape index (κ2) is 8.37. The van der Waals surface area contributed by atoms with Gasteiger partial charge in [0.15, 0.2) is 0 Å². The summed E-state index contributed by atoms with van der Waals surface area (Å²) in [6, 6.07) is 3.81. The highest BCUT2D eigenvalue weighted by atomic mass is 35.5. The number of halogens is 1. The van der Waals surface area contributed by atoms with Crippen molar-refractivity contribution in [2.24, 2.45) is 10.2 Å². The Bertz CT molecular complexity index is 1100. The molecule has 0 bridgehead atoms. The second-order valence-corrected chi connectivity index (χ2v) is 10.0. The van der Waals surface area contributed by atoms with Gasteiger partial charge in [-0.25, -0.2) is 8.42 Å². The molecule has 30 heavy (non-hydrogen) atoms. The molecule has 3 rings (SSSR count). The van der Waals surface area contributed by atoms with Crippen LogP contribution in [0.2, 0.25) is 0 Å². The third-order valence-electron chi connectivity index (χ3n) is 4.57. The summed E-state index contributed by atoms with van der Waals surface area (Å²) in [5.74, 6) is -0.548. The van der Waals surface area contributed by atoms with Crippen LogP contribution in [0.1, 0.15) is 33.6 Å². The van der Waals surface area contributed by atoms with Gasteiger partial charge in [0.2, 0.25) is 16.0 Å². The van der Waals surface area contributed by atoms with Crippen LogP contribution >= 0.6 is 11.8 Å². The number of ether oxygens (including phenoxy) is 1. The minimum Gasteiger partial charge on any atom is -0.459 e. The summed E-state index contributed by atoms with van der Waals surface area (Å²) < 4.78 is 36.6. The van der Waals surface area contributed by atoms with E-state index in [1.807, 2.05) is 0 Å². The number of nitrogens with two attached hydrogens (primary N) is 1. The van der Waals surface area contributed by atoms with Crippen LogP contribution < -0.4 is 11.1 Å². The van der Waals surface area contributed by atoms with Gasteiger partial charge in [-0.1, -0.05) is 6.07 Å². The molecule has 0 unspecified atom stereocenters. The number of aromatic nitrogens is 1. The molecular formula is C19H24ClN5O4S. The van der Waals surface area contributed by atoms with E-state index in [9.17, 15) is 13.2 Å². The van der Waals surface area contributed by atoms with E-state index in [0.717, 1.165) is 0 Å².